The van der Waals surface area contributed by atoms with Gasteiger partial charge in [-0.05, 0) is 33.1 Å². The fraction of sp³-hybridized carbons (Fsp3) is 0.524. The molecule has 0 saturated heterocycles. The summed E-state index contributed by atoms with van der Waals surface area (Å²) in [7, 11) is 1.46. The van der Waals surface area contributed by atoms with Gasteiger partial charge in [0.1, 0.15) is 5.52 Å². The number of ether oxygens (including phenoxy) is 1. The molecule has 2 heterocycles. The Morgan fingerprint density at radius 2 is 1.97 bits per heavy atom. The van der Waals surface area contributed by atoms with Crippen LogP contribution >= 0.6 is 0 Å². The largest absolute Gasteiger partial charge is 0.413 e. The molecule has 1 fully saturated rings. The summed E-state index contributed by atoms with van der Waals surface area (Å²) in [6.45, 7) is 5.37. The summed E-state index contributed by atoms with van der Waals surface area (Å²) in [5.41, 5.74) is 0.494. The first-order chi connectivity index (χ1) is 15.2. The van der Waals surface area contributed by atoms with Crippen LogP contribution in [-0.2, 0) is 9.59 Å². The molecule has 3 rings (SSSR count). The van der Waals surface area contributed by atoms with Crippen molar-refractivity contribution in [3.63, 3.8) is 0 Å². The third-order valence-electron chi connectivity index (χ3n) is 5.06. The zero-order chi connectivity index (χ0) is 23.3. The molecule has 3 amide bonds. The van der Waals surface area contributed by atoms with Gasteiger partial charge in [-0.2, -0.15) is 4.98 Å². The Labute approximate surface area is 186 Å². The van der Waals surface area contributed by atoms with Crippen LogP contribution in [0.3, 0.4) is 0 Å². The molecule has 11 heteroatoms. The third kappa shape index (κ3) is 6.02. The average molecular weight is 444 g/mol. The third-order valence-corrected chi connectivity index (χ3v) is 5.06. The lowest BCUT2D eigenvalue weighted by atomic mass is 9.85. The Balaban J connectivity index is 1.81. The van der Waals surface area contributed by atoms with Crippen LogP contribution in [0.15, 0.2) is 12.3 Å². The van der Waals surface area contributed by atoms with Crippen molar-refractivity contribution in [3.8, 4) is 5.88 Å². The number of anilines is 2. The summed E-state index contributed by atoms with van der Waals surface area (Å²) in [4.78, 5) is 48.8. The zero-order valence-electron chi connectivity index (χ0n) is 18.7. The Morgan fingerprint density at radius 3 is 2.66 bits per heavy atom. The SMILES string of the molecule is CNC(=O)Oc1cc2cnc(NC(=O)[C@H]3CCC[C@@H](NC(C)=O)C3)nc2c(NC(C)C)n1. The summed E-state index contributed by atoms with van der Waals surface area (Å²) in [5.74, 6) is 0.188. The summed E-state index contributed by atoms with van der Waals surface area (Å²) in [6.07, 6.45) is 3.97. The number of aromatic nitrogens is 3. The second kappa shape index (κ2) is 10.2. The normalized spacial score (nSPS) is 18.2. The van der Waals surface area contributed by atoms with Crippen LogP contribution in [0.5, 0.6) is 5.88 Å². The Bertz CT molecular complexity index is 1010. The first-order valence-electron chi connectivity index (χ1n) is 10.7. The van der Waals surface area contributed by atoms with Crippen LogP contribution < -0.4 is 26.0 Å². The van der Waals surface area contributed by atoms with Crippen molar-refractivity contribution in [1.82, 2.24) is 25.6 Å². The number of carbonyl (C=O) groups is 3. The zero-order valence-corrected chi connectivity index (χ0v) is 18.7. The van der Waals surface area contributed by atoms with Crippen molar-refractivity contribution in [2.45, 2.75) is 58.5 Å². The topological polar surface area (TPSA) is 147 Å². The van der Waals surface area contributed by atoms with Gasteiger partial charge in [-0.15, -0.1) is 0 Å². The van der Waals surface area contributed by atoms with E-state index in [1.165, 1.54) is 14.0 Å². The van der Waals surface area contributed by atoms with E-state index >= 15 is 0 Å². The molecule has 32 heavy (non-hydrogen) atoms. The van der Waals surface area contributed by atoms with E-state index in [0.717, 1.165) is 19.3 Å². The number of nitrogens with zero attached hydrogens (tertiary/aromatic N) is 3. The molecule has 4 N–H and O–H groups in total. The van der Waals surface area contributed by atoms with Crippen LogP contribution in [0.2, 0.25) is 0 Å². The van der Waals surface area contributed by atoms with Gasteiger partial charge in [-0.1, -0.05) is 6.42 Å². The molecule has 1 aliphatic rings. The van der Waals surface area contributed by atoms with E-state index in [0.29, 0.717) is 23.1 Å². The number of amides is 3. The van der Waals surface area contributed by atoms with Gasteiger partial charge in [0, 0.05) is 49.6 Å². The summed E-state index contributed by atoms with van der Waals surface area (Å²) in [5, 5.41) is 11.8. The lowest BCUT2D eigenvalue weighted by Crippen LogP contribution is -2.40. The molecular formula is C21H29N7O4. The van der Waals surface area contributed by atoms with Crippen molar-refractivity contribution in [2.75, 3.05) is 17.7 Å². The van der Waals surface area contributed by atoms with E-state index in [-0.39, 0.29) is 41.6 Å². The number of rotatable bonds is 6. The van der Waals surface area contributed by atoms with Crippen LogP contribution in [0.1, 0.15) is 46.5 Å². The van der Waals surface area contributed by atoms with Crippen molar-refractivity contribution < 1.29 is 19.1 Å². The number of pyridine rings is 1. The molecule has 11 nitrogen and oxygen atoms in total. The molecule has 1 aliphatic carbocycles. The Kier molecular flexibility index (Phi) is 7.39. The molecule has 0 aromatic carbocycles. The fourth-order valence-electron chi connectivity index (χ4n) is 3.71. The minimum absolute atomic E-state index is 0.000640. The minimum Gasteiger partial charge on any atom is -0.391 e. The monoisotopic (exact) mass is 443 g/mol. The first-order valence-corrected chi connectivity index (χ1v) is 10.7. The minimum atomic E-state index is -0.637. The molecule has 1 saturated carbocycles. The number of hydrogen-bond donors (Lipinski definition) is 4. The highest BCUT2D eigenvalue weighted by molar-refractivity contribution is 5.94. The Hall–Kier alpha value is -3.50. The average Bonchev–Trinajstić information content (AvgIpc) is 2.73. The van der Waals surface area contributed by atoms with E-state index in [4.69, 9.17) is 4.74 Å². The molecular weight excluding hydrogens is 414 g/mol. The summed E-state index contributed by atoms with van der Waals surface area (Å²) >= 11 is 0. The highest BCUT2D eigenvalue weighted by Gasteiger charge is 2.28. The quantitative estimate of drug-likeness (QED) is 0.531. The van der Waals surface area contributed by atoms with Gasteiger partial charge in [0.2, 0.25) is 23.6 Å². The maximum atomic E-state index is 12.8. The van der Waals surface area contributed by atoms with Crippen LogP contribution in [0.25, 0.3) is 10.9 Å². The number of fused-ring (bicyclic) bond motifs is 1. The highest BCUT2D eigenvalue weighted by atomic mass is 16.6. The fourth-order valence-corrected chi connectivity index (χ4v) is 3.71. The first kappa shape index (κ1) is 23.2. The smallest absolute Gasteiger partial charge is 0.391 e. The summed E-state index contributed by atoms with van der Waals surface area (Å²) < 4.78 is 5.15. The number of hydrogen-bond acceptors (Lipinski definition) is 8. The van der Waals surface area contributed by atoms with Crippen molar-refractivity contribution in [1.29, 1.82) is 0 Å². The van der Waals surface area contributed by atoms with E-state index in [1.54, 1.807) is 12.3 Å². The molecule has 172 valence electrons. The Morgan fingerprint density at radius 1 is 1.19 bits per heavy atom. The van der Waals surface area contributed by atoms with Gasteiger partial charge in [0.15, 0.2) is 5.82 Å². The van der Waals surface area contributed by atoms with Gasteiger partial charge in [-0.25, -0.2) is 14.8 Å². The number of nitrogens with one attached hydrogen (secondary N) is 4. The molecule has 0 radical (unpaired) electrons. The second-order valence-corrected chi connectivity index (χ2v) is 8.13. The molecule has 2 atom stereocenters. The van der Waals surface area contributed by atoms with E-state index in [9.17, 15) is 14.4 Å². The molecule has 0 aliphatic heterocycles. The maximum Gasteiger partial charge on any atom is 0.413 e. The molecule has 2 aromatic heterocycles. The van der Waals surface area contributed by atoms with Gasteiger partial charge in [0.25, 0.3) is 0 Å². The van der Waals surface area contributed by atoms with Gasteiger partial charge in [0.05, 0.1) is 0 Å². The second-order valence-electron chi connectivity index (χ2n) is 8.13. The van der Waals surface area contributed by atoms with E-state index in [2.05, 4.69) is 36.2 Å². The van der Waals surface area contributed by atoms with Gasteiger partial charge >= 0.3 is 6.09 Å². The predicted molar refractivity (Wildman–Crippen MR) is 119 cm³/mol. The lowest BCUT2D eigenvalue weighted by Gasteiger charge is -2.28. The number of carbonyl (C=O) groups excluding carboxylic acids is 3. The van der Waals surface area contributed by atoms with E-state index in [1.807, 2.05) is 13.8 Å². The maximum absolute atomic E-state index is 12.8. The van der Waals surface area contributed by atoms with Gasteiger partial charge in [-0.3, -0.25) is 14.9 Å². The van der Waals surface area contributed by atoms with Crippen molar-refractivity contribution >= 4 is 40.6 Å². The molecule has 0 spiro atoms. The molecule has 2 aromatic rings. The van der Waals surface area contributed by atoms with Crippen LogP contribution in [-0.4, -0.2) is 52.0 Å². The van der Waals surface area contributed by atoms with Crippen LogP contribution in [0.4, 0.5) is 16.6 Å². The lowest BCUT2D eigenvalue weighted by molar-refractivity contribution is -0.123. The standard InChI is InChI=1S/C21H29N7O4/c1-11(2)24-18-17-14(9-16(26-18)32-21(31)22-4)10-23-20(27-17)28-19(30)13-6-5-7-15(8-13)25-12(3)29/h9-11,13,15H,5-8H2,1-4H3,(H,22,31)(H,24,26)(H,25,29)(H,23,27,28,30)/t13-,15+/m0/s1. The molecule has 0 bridgehead atoms. The van der Waals surface area contributed by atoms with E-state index < -0.39 is 6.09 Å². The molecule has 0 unspecified atom stereocenters. The van der Waals surface area contributed by atoms with Crippen molar-refractivity contribution in [3.05, 3.63) is 12.3 Å². The highest BCUT2D eigenvalue weighted by Crippen LogP contribution is 2.27. The van der Waals surface area contributed by atoms with Crippen LogP contribution in [0, 0.1) is 5.92 Å². The van der Waals surface area contributed by atoms with Crippen molar-refractivity contribution in [2.24, 2.45) is 5.92 Å². The predicted octanol–water partition coefficient (Wildman–Crippen LogP) is 2.20. The van der Waals surface area contributed by atoms with Gasteiger partial charge < -0.3 is 20.7 Å². The summed E-state index contributed by atoms with van der Waals surface area (Å²) in [6, 6.07) is 1.60.